The van der Waals surface area contributed by atoms with Crippen LogP contribution in [0, 0.1) is 0 Å². The number of hydrogen-bond acceptors (Lipinski definition) is 4. The van der Waals surface area contributed by atoms with Crippen molar-refractivity contribution in [3.8, 4) is 0 Å². The van der Waals surface area contributed by atoms with E-state index in [0.29, 0.717) is 0 Å². The minimum absolute atomic E-state index is 0.883. The van der Waals surface area contributed by atoms with Gasteiger partial charge in [-0.25, -0.2) is 0 Å². The van der Waals surface area contributed by atoms with Crippen LogP contribution in [0.4, 0.5) is 0 Å². The number of nitrogens with one attached hydrogen (secondary N) is 1. The number of thiol groups is 1. The van der Waals surface area contributed by atoms with E-state index in [9.17, 15) is 0 Å². The fraction of sp³-hybridized carbons (Fsp3) is 0.667. The molecule has 0 atom stereocenters. The Morgan fingerprint density at radius 2 is 2.71 bits per heavy atom. The molecule has 0 aromatic heterocycles. The second-order valence-corrected chi connectivity index (χ2v) is 1.52. The number of aliphatic imine (C=N–C) groups is 1. The molecule has 1 aliphatic heterocycles. The second kappa shape index (κ2) is 2.18. The Balaban J connectivity index is 2.28. The number of hydrazine groups is 1. The van der Waals surface area contributed by atoms with Crippen molar-refractivity contribution < 1.29 is 0 Å². The van der Waals surface area contributed by atoms with E-state index in [1.807, 2.05) is 5.01 Å². The number of rotatable bonds is 1. The van der Waals surface area contributed by atoms with Gasteiger partial charge in [0.2, 0.25) is 0 Å². The quantitative estimate of drug-likeness (QED) is 0.461. The van der Waals surface area contributed by atoms with Crippen molar-refractivity contribution in [3.63, 3.8) is 0 Å². The van der Waals surface area contributed by atoms with Gasteiger partial charge in [-0.2, -0.15) is 4.83 Å². The third kappa shape index (κ3) is 1.07. The van der Waals surface area contributed by atoms with Crippen molar-refractivity contribution >= 4 is 19.2 Å². The molecule has 0 fully saturated rings. The molecule has 1 N–H and O–H groups in total. The van der Waals surface area contributed by atoms with E-state index >= 15 is 0 Å². The highest BCUT2D eigenvalue weighted by atomic mass is 32.1. The number of hydrogen-bond donors (Lipinski definition) is 2. The van der Waals surface area contributed by atoms with Crippen molar-refractivity contribution in [2.24, 2.45) is 4.99 Å². The molecule has 0 amide bonds. The third-order valence-electron chi connectivity index (χ3n) is 0.819. The molecule has 4 heteroatoms. The van der Waals surface area contributed by atoms with Gasteiger partial charge in [-0.05, 0) is 0 Å². The molecule has 1 aliphatic rings. The predicted molar refractivity (Wildman–Crippen MR) is 32.2 cm³/mol. The van der Waals surface area contributed by atoms with E-state index in [0.717, 1.165) is 13.1 Å². The van der Waals surface area contributed by atoms with E-state index < -0.39 is 0 Å². The first-order valence-corrected chi connectivity index (χ1v) is 2.54. The molecule has 0 spiro atoms. The van der Waals surface area contributed by atoms with Crippen LogP contribution in [-0.4, -0.2) is 24.4 Å². The minimum Gasteiger partial charge on any atom is -0.287 e. The Labute approximate surface area is 47.9 Å². The monoisotopic (exact) mass is 117 g/mol. The van der Waals surface area contributed by atoms with Gasteiger partial charge >= 0.3 is 0 Å². The fourth-order valence-electron chi connectivity index (χ4n) is 0.455. The molecule has 40 valence electrons. The van der Waals surface area contributed by atoms with Crippen LogP contribution in [-0.2, 0) is 0 Å². The average molecular weight is 117 g/mol. The van der Waals surface area contributed by atoms with Crippen LogP contribution >= 0.6 is 12.8 Å². The van der Waals surface area contributed by atoms with Crippen molar-refractivity contribution in [1.82, 2.24) is 9.84 Å². The lowest BCUT2D eigenvalue weighted by atomic mass is 10.7. The summed E-state index contributed by atoms with van der Waals surface area (Å²) in [6.45, 7) is 1.82. The summed E-state index contributed by atoms with van der Waals surface area (Å²) < 4.78 is 0. The lowest BCUT2D eigenvalue weighted by molar-refractivity contribution is 0.450. The molecule has 3 nitrogen and oxygen atoms in total. The van der Waals surface area contributed by atoms with E-state index in [-0.39, 0.29) is 0 Å². The Morgan fingerprint density at radius 3 is 3.00 bits per heavy atom. The van der Waals surface area contributed by atoms with Gasteiger partial charge in [-0.15, -0.1) is 0 Å². The first kappa shape index (κ1) is 4.93. The van der Waals surface area contributed by atoms with Gasteiger partial charge in [0.1, 0.15) is 6.34 Å². The fourth-order valence-corrected chi connectivity index (χ4v) is 0.607. The van der Waals surface area contributed by atoms with Gasteiger partial charge in [0.05, 0.1) is 13.1 Å². The van der Waals surface area contributed by atoms with Crippen LogP contribution in [0.5, 0.6) is 0 Å². The Hall–Kier alpha value is -0.220. The Morgan fingerprint density at radius 1 is 1.86 bits per heavy atom. The van der Waals surface area contributed by atoms with Crippen LogP contribution in [0.15, 0.2) is 4.99 Å². The van der Waals surface area contributed by atoms with Crippen molar-refractivity contribution in [1.29, 1.82) is 0 Å². The maximum Gasteiger partial charge on any atom is 0.100 e. The first-order valence-electron chi connectivity index (χ1n) is 2.10. The van der Waals surface area contributed by atoms with E-state index in [1.54, 1.807) is 6.34 Å². The van der Waals surface area contributed by atoms with Gasteiger partial charge in [-0.1, -0.05) is 12.8 Å². The normalized spacial score (nSPS) is 18.7. The third-order valence-corrected chi connectivity index (χ3v) is 1.08. The van der Waals surface area contributed by atoms with Crippen molar-refractivity contribution in [2.75, 3.05) is 13.1 Å². The summed E-state index contributed by atoms with van der Waals surface area (Å²) in [6, 6.07) is 0. The largest absolute Gasteiger partial charge is 0.287 e. The molecule has 0 saturated heterocycles. The minimum atomic E-state index is 0.883. The van der Waals surface area contributed by atoms with E-state index in [2.05, 4.69) is 22.6 Å². The maximum atomic E-state index is 3.93. The standard InChI is InChI=1S/C3H7N3S/c7-5-6-2-1-4-3-6/h3,5,7H,1-2H2. The van der Waals surface area contributed by atoms with E-state index in [1.165, 1.54) is 0 Å². The molecular formula is C3H7N3S. The molecule has 1 rings (SSSR count). The zero-order chi connectivity index (χ0) is 5.11. The van der Waals surface area contributed by atoms with Gasteiger partial charge < -0.3 is 0 Å². The van der Waals surface area contributed by atoms with Gasteiger partial charge in [0.25, 0.3) is 0 Å². The molecule has 0 bridgehead atoms. The highest BCUT2D eigenvalue weighted by Crippen LogP contribution is 1.86. The SMILES string of the molecule is SNN1C=NCC1. The van der Waals surface area contributed by atoms with E-state index in [4.69, 9.17) is 0 Å². The molecule has 0 aromatic carbocycles. The Kier molecular flexibility index (Phi) is 1.54. The zero-order valence-corrected chi connectivity index (χ0v) is 4.73. The molecule has 0 aromatic rings. The van der Waals surface area contributed by atoms with Crippen molar-refractivity contribution in [2.45, 2.75) is 0 Å². The summed E-state index contributed by atoms with van der Waals surface area (Å²) in [5.41, 5.74) is 0. The summed E-state index contributed by atoms with van der Waals surface area (Å²) in [7, 11) is 0. The van der Waals surface area contributed by atoms with Crippen LogP contribution in [0.25, 0.3) is 0 Å². The van der Waals surface area contributed by atoms with Crippen LogP contribution < -0.4 is 4.83 Å². The van der Waals surface area contributed by atoms with Crippen LogP contribution in [0.3, 0.4) is 0 Å². The molecule has 0 saturated carbocycles. The lowest BCUT2D eigenvalue weighted by Gasteiger charge is -2.07. The summed E-state index contributed by atoms with van der Waals surface area (Å²) in [5, 5.41) is 1.81. The highest BCUT2D eigenvalue weighted by molar-refractivity contribution is 7.78. The first-order chi connectivity index (χ1) is 3.43. The highest BCUT2D eigenvalue weighted by Gasteiger charge is 1.99. The van der Waals surface area contributed by atoms with Crippen molar-refractivity contribution in [3.05, 3.63) is 0 Å². The van der Waals surface area contributed by atoms with Gasteiger partial charge in [0.15, 0.2) is 0 Å². The Bertz CT molecular complexity index is 82.2. The topological polar surface area (TPSA) is 27.6 Å². The molecule has 0 radical (unpaired) electrons. The molecular weight excluding hydrogens is 110 g/mol. The summed E-state index contributed by atoms with van der Waals surface area (Å²) in [6.07, 6.45) is 1.73. The van der Waals surface area contributed by atoms with Gasteiger partial charge in [0, 0.05) is 0 Å². The summed E-state index contributed by atoms with van der Waals surface area (Å²) in [4.78, 5) is 6.57. The maximum absolute atomic E-state index is 3.93. The summed E-state index contributed by atoms with van der Waals surface area (Å²) in [5.74, 6) is 0. The van der Waals surface area contributed by atoms with Gasteiger partial charge in [-0.3, -0.25) is 10.0 Å². The van der Waals surface area contributed by atoms with Crippen LogP contribution in [0.1, 0.15) is 0 Å². The molecule has 0 unspecified atom stereocenters. The summed E-state index contributed by atoms with van der Waals surface area (Å²) >= 11 is 3.80. The predicted octanol–water partition coefficient (Wildman–Crippen LogP) is -0.320. The zero-order valence-electron chi connectivity index (χ0n) is 3.83. The smallest absolute Gasteiger partial charge is 0.100 e. The second-order valence-electron chi connectivity index (χ2n) is 1.32. The molecule has 1 heterocycles. The molecule has 0 aliphatic carbocycles. The van der Waals surface area contributed by atoms with Crippen LogP contribution in [0.2, 0.25) is 0 Å². The molecule has 7 heavy (non-hydrogen) atoms. The average Bonchev–Trinajstić information content (AvgIpc) is 2.14. The number of nitrogens with zero attached hydrogens (tertiary/aromatic N) is 2. The lowest BCUT2D eigenvalue weighted by Crippen LogP contribution is -2.27.